The van der Waals surface area contributed by atoms with E-state index in [0.29, 0.717) is 12.2 Å². The van der Waals surface area contributed by atoms with E-state index in [2.05, 4.69) is 34.8 Å². The Morgan fingerprint density at radius 3 is 2.15 bits per heavy atom. The van der Waals surface area contributed by atoms with Gasteiger partial charge in [-0.1, -0.05) is 78.9 Å². The van der Waals surface area contributed by atoms with Gasteiger partial charge in [-0.3, -0.25) is 4.79 Å². The highest BCUT2D eigenvalue weighted by Crippen LogP contribution is 2.21. The van der Waals surface area contributed by atoms with Crippen molar-refractivity contribution in [3.63, 3.8) is 0 Å². The monoisotopic (exact) mass is 430 g/mol. The van der Waals surface area contributed by atoms with E-state index in [1.165, 1.54) is 10.8 Å². The Labute approximate surface area is 192 Å². The summed E-state index contributed by atoms with van der Waals surface area (Å²) in [6, 6.07) is 35.6. The fraction of sp³-hybridized carbons (Fsp3) is 0.0345. The average Bonchev–Trinajstić information content (AvgIpc) is 2.88. The zero-order valence-corrected chi connectivity index (χ0v) is 17.9. The molecule has 33 heavy (non-hydrogen) atoms. The number of hydrogen-bond acceptors (Lipinski definition) is 3. The van der Waals surface area contributed by atoms with Gasteiger partial charge in [0, 0.05) is 5.56 Å². The second-order valence-electron chi connectivity index (χ2n) is 7.72. The molecule has 0 saturated carbocycles. The number of rotatable bonds is 6. The molecule has 0 unspecified atom stereocenters. The lowest BCUT2D eigenvalue weighted by atomic mass is 10.0. The van der Waals surface area contributed by atoms with Gasteiger partial charge in [-0.05, 0) is 63.0 Å². The number of nitrogens with zero attached hydrogens (tertiary/aromatic N) is 1. The number of ether oxygens (including phenoxy) is 1. The highest BCUT2D eigenvalue weighted by Gasteiger charge is 2.08. The summed E-state index contributed by atoms with van der Waals surface area (Å²) in [4.78, 5) is 12.6. The minimum Gasteiger partial charge on any atom is -0.489 e. The van der Waals surface area contributed by atoms with E-state index in [0.717, 1.165) is 27.6 Å². The van der Waals surface area contributed by atoms with Gasteiger partial charge in [-0.2, -0.15) is 5.10 Å². The molecule has 160 valence electrons. The maximum atomic E-state index is 12.6. The fourth-order valence-electron chi connectivity index (χ4n) is 3.88. The molecule has 4 nitrogen and oxygen atoms in total. The van der Waals surface area contributed by atoms with Gasteiger partial charge in [0.05, 0.1) is 6.21 Å². The third kappa shape index (κ3) is 4.60. The Balaban J connectivity index is 1.21. The largest absolute Gasteiger partial charge is 0.489 e. The standard InChI is InChI=1S/C29H22N2O2/c32-29(28-14-6-10-23-8-2-4-13-27(23)28)31-30-19-21-15-17-25(18-16-21)33-20-24-11-5-9-22-7-1-3-12-26(22)24/h1-19H,20H2,(H,31,32)/b30-19-. The third-order valence-electron chi connectivity index (χ3n) is 5.57. The Morgan fingerprint density at radius 1 is 0.727 bits per heavy atom. The Kier molecular flexibility index (Phi) is 5.81. The molecule has 0 bridgehead atoms. The van der Waals surface area contributed by atoms with E-state index in [4.69, 9.17) is 4.74 Å². The maximum Gasteiger partial charge on any atom is 0.271 e. The summed E-state index contributed by atoms with van der Waals surface area (Å²) in [5.74, 6) is 0.540. The molecule has 0 aliphatic rings. The Bertz CT molecular complexity index is 1450. The first-order valence-electron chi connectivity index (χ1n) is 10.8. The molecule has 0 atom stereocenters. The smallest absolute Gasteiger partial charge is 0.271 e. The number of nitrogens with one attached hydrogen (secondary N) is 1. The van der Waals surface area contributed by atoms with Gasteiger partial charge in [0.2, 0.25) is 0 Å². The van der Waals surface area contributed by atoms with Crippen LogP contribution in [0.5, 0.6) is 5.75 Å². The van der Waals surface area contributed by atoms with Gasteiger partial charge >= 0.3 is 0 Å². The van der Waals surface area contributed by atoms with E-state index in [-0.39, 0.29) is 5.91 Å². The molecule has 0 aromatic heterocycles. The predicted octanol–water partition coefficient (Wildman–Crippen LogP) is 6.34. The number of hydrazone groups is 1. The van der Waals surface area contributed by atoms with Crippen molar-refractivity contribution >= 4 is 33.7 Å². The van der Waals surface area contributed by atoms with Crippen LogP contribution in [0.2, 0.25) is 0 Å². The zero-order chi connectivity index (χ0) is 22.5. The number of fused-ring (bicyclic) bond motifs is 2. The number of carbonyl (C=O) groups excluding carboxylic acids is 1. The highest BCUT2D eigenvalue weighted by molar-refractivity contribution is 6.07. The second kappa shape index (κ2) is 9.37. The third-order valence-corrected chi connectivity index (χ3v) is 5.57. The SMILES string of the molecule is O=C(N/N=C\c1ccc(OCc2cccc3ccccc23)cc1)c1cccc2ccccc12. The van der Waals surface area contributed by atoms with E-state index in [1.54, 1.807) is 12.3 Å². The lowest BCUT2D eigenvalue weighted by molar-refractivity contribution is 0.0957. The molecule has 4 heteroatoms. The minimum atomic E-state index is -0.238. The van der Waals surface area contributed by atoms with Crippen LogP contribution in [-0.4, -0.2) is 12.1 Å². The van der Waals surface area contributed by atoms with Crippen LogP contribution in [0.4, 0.5) is 0 Å². The van der Waals surface area contributed by atoms with E-state index in [1.807, 2.05) is 78.9 Å². The summed E-state index contributed by atoms with van der Waals surface area (Å²) in [6.07, 6.45) is 1.62. The summed E-state index contributed by atoms with van der Waals surface area (Å²) in [5.41, 5.74) is 5.23. The molecule has 0 aliphatic carbocycles. The number of benzene rings is 5. The van der Waals surface area contributed by atoms with Gasteiger partial charge in [-0.15, -0.1) is 0 Å². The van der Waals surface area contributed by atoms with Crippen LogP contribution in [0, 0.1) is 0 Å². The molecule has 5 aromatic carbocycles. The van der Waals surface area contributed by atoms with Crippen LogP contribution in [-0.2, 0) is 6.61 Å². The van der Waals surface area contributed by atoms with Gasteiger partial charge in [-0.25, -0.2) is 5.43 Å². The number of carbonyl (C=O) groups is 1. The first kappa shape index (κ1) is 20.5. The molecule has 0 radical (unpaired) electrons. The van der Waals surface area contributed by atoms with Crippen molar-refractivity contribution in [2.75, 3.05) is 0 Å². The summed E-state index contributed by atoms with van der Waals surface area (Å²) < 4.78 is 5.98. The van der Waals surface area contributed by atoms with Gasteiger partial charge in [0.1, 0.15) is 12.4 Å². The molecule has 5 rings (SSSR count). The number of amides is 1. The predicted molar refractivity (Wildman–Crippen MR) is 134 cm³/mol. The summed E-state index contributed by atoms with van der Waals surface area (Å²) >= 11 is 0. The lowest BCUT2D eigenvalue weighted by Gasteiger charge is -2.09. The van der Waals surface area contributed by atoms with Gasteiger partial charge in [0.25, 0.3) is 5.91 Å². The van der Waals surface area contributed by atoms with Crippen LogP contribution in [0.25, 0.3) is 21.5 Å². The zero-order valence-electron chi connectivity index (χ0n) is 17.9. The van der Waals surface area contributed by atoms with E-state index in [9.17, 15) is 4.79 Å². The van der Waals surface area contributed by atoms with Crippen molar-refractivity contribution in [3.8, 4) is 5.75 Å². The van der Waals surface area contributed by atoms with Crippen LogP contribution >= 0.6 is 0 Å². The molecule has 0 aliphatic heterocycles. The molecule has 0 heterocycles. The molecule has 1 amide bonds. The first-order valence-corrected chi connectivity index (χ1v) is 10.8. The van der Waals surface area contributed by atoms with Crippen molar-refractivity contribution in [2.24, 2.45) is 5.10 Å². The topological polar surface area (TPSA) is 50.7 Å². The van der Waals surface area contributed by atoms with Crippen molar-refractivity contribution in [1.82, 2.24) is 5.43 Å². The van der Waals surface area contributed by atoms with Crippen molar-refractivity contribution in [3.05, 3.63) is 126 Å². The normalized spacial score (nSPS) is 11.2. The van der Waals surface area contributed by atoms with Gasteiger partial charge < -0.3 is 4.74 Å². The quantitative estimate of drug-likeness (QED) is 0.253. The van der Waals surface area contributed by atoms with Gasteiger partial charge in [0.15, 0.2) is 0 Å². The molecule has 0 saturated heterocycles. The second-order valence-corrected chi connectivity index (χ2v) is 7.72. The van der Waals surface area contributed by atoms with Crippen LogP contribution < -0.4 is 10.2 Å². The molecule has 0 fully saturated rings. The Hall–Kier alpha value is -4.44. The van der Waals surface area contributed by atoms with Crippen molar-refractivity contribution in [1.29, 1.82) is 0 Å². The molecular weight excluding hydrogens is 408 g/mol. The van der Waals surface area contributed by atoms with Crippen molar-refractivity contribution in [2.45, 2.75) is 6.61 Å². The lowest BCUT2D eigenvalue weighted by Crippen LogP contribution is -2.17. The Morgan fingerprint density at radius 2 is 1.36 bits per heavy atom. The number of hydrogen-bond donors (Lipinski definition) is 1. The van der Waals surface area contributed by atoms with Crippen LogP contribution in [0.15, 0.2) is 114 Å². The highest BCUT2D eigenvalue weighted by atomic mass is 16.5. The molecule has 0 spiro atoms. The van der Waals surface area contributed by atoms with E-state index >= 15 is 0 Å². The molecule has 5 aromatic rings. The first-order chi connectivity index (χ1) is 16.3. The minimum absolute atomic E-state index is 0.238. The molecular formula is C29H22N2O2. The maximum absolute atomic E-state index is 12.6. The van der Waals surface area contributed by atoms with Crippen LogP contribution in [0.3, 0.4) is 0 Å². The summed E-state index contributed by atoms with van der Waals surface area (Å²) in [6.45, 7) is 0.496. The van der Waals surface area contributed by atoms with Crippen molar-refractivity contribution < 1.29 is 9.53 Å². The van der Waals surface area contributed by atoms with Crippen LogP contribution in [0.1, 0.15) is 21.5 Å². The fourth-order valence-corrected chi connectivity index (χ4v) is 3.88. The summed E-state index contributed by atoms with van der Waals surface area (Å²) in [5, 5.41) is 8.45. The van der Waals surface area contributed by atoms with E-state index < -0.39 is 0 Å². The molecule has 1 N–H and O–H groups in total. The average molecular weight is 431 g/mol. The summed E-state index contributed by atoms with van der Waals surface area (Å²) in [7, 11) is 0.